The lowest BCUT2D eigenvalue weighted by molar-refractivity contribution is -0.135. The van der Waals surface area contributed by atoms with E-state index in [1.807, 2.05) is 37.2 Å². The summed E-state index contributed by atoms with van der Waals surface area (Å²) in [5.41, 5.74) is 2.27. The monoisotopic (exact) mass is 386 g/mol. The summed E-state index contributed by atoms with van der Waals surface area (Å²) in [6.07, 6.45) is 0. The first kappa shape index (κ1) is 18.4. The molecule has 0 saturated heterocycles. The highest BCUT2D eigenvalue weighted by molar-refractivity contribution is 5.87. The fraction of sp³-hybridized carbons (Fsp3) is 0.444. The van der Waals surface area contributed by atoms with Crippen LogP contribution in [0.15, 0.2) is 18.2 Å². The quantitative estimate of drug-likeness (QED) is 0.581. The Morgan fingerprint density at radius 1 is 1.21 bits per heavy atom. The molecule has 0 N–H and O–H groups in total. The number of likely N-dealkylation sites (N-methyl/N-ethyl adjacent to an activating group) is 1. The number of amides is 1. The second-order valence-corrected chi connectivity index (χ2v) is 6.90. The molecule has 0 saturated carbocycles. The van der Waals surface area contributed by atoms with E-state index in [9.17, 15) is 4.79 Å². The number of hydrogen-bond acceptors (Lipinski definition) is 8. The molecule has 0 radical (unpaired) electrons. The van der Waals surface area contributed by atoms with Crippen LogP contribution in [-0.4, -0.2) is 83.4 Å². The average Bonchev–Trinajstić information content (AvgIpc) is 3.32. The first-order chi connectivity index (χ1) is 13.6. The van der Waals surface area contributed by atoms with Crippen molar-refractivity contribution < 1.29 is 19.0 Å². The predicted molar refractivity (Wildman–Crippen MR) is 100 cm³/mol. The molecule has 148 valence electrons. The van der Waals surface area contributed by atoms with Crippen LogP contribution in [0.2, 0.25) is 0 Å². The van der Waals surface area contributed by atoms with Gasteiger partial charge >= 0.3 is 0 Å². The van der Waals surface area contributed by atoms with E-state index in [1.54, 1.807) is 9.42 Å². The van der Waals surface area contributed by atoms with E-state index < -0.39 is 0 Å². The van der Waals surface area contributed by atoms with Gasteiger partial charge in [-0.1, -0.05) is 0 Å². The van der Waals surface area contributed by atoms with Gasteiger partial charge in [-0.15, -0.1) is 5.10 Å². The molecular formula is C18H22N6O4. The maximum Gasteiger partial charge on any atom is 0.248 e. The normalized spacial score (nSPS) is 13.0. The van der Waals surface area contributed by atoms with Crippen LogP contribution in [-0.2, 0) is 16.1 Å². The third-order valence-electron chi connectivity index (χ3n) is 4.64. The molecule has 1 aliphatic rings. The van der Waals surface area contributed by atoms with Gasteiger partial charge in [-0.25, -0.2) is 0 Å². The number of pyridine rings is 1. The molecule has 1 amide bonds. The Kier molecular flexibility index (Phi) is 4.97. The largest absolute Gasteiger partial charge is 0.454 e. The number of aromatic nitrogens is 4. The van der Waals surface area contributed by atoms with Crippen LogP contribution < -0.4 is 9.47 Å². The number of benzene rings is 1. The number of hydrogen-bond donors (Lipinski definition) is 0. The Morgan fingerprint density at radius 2 is 2.00 bits per heavy atom. The average molecular weight is 386 g/mol. The van der Waals surface area contributed by atoms with Crippen LogP contribution in [0.1, 0.15) is 5.56 Å². The zero-order valence-electron chi connectivity index (χ0n) is 16.1. The minimum atomic E-state index is -0.0826. The van der Waals surface area contributed by atoms with Gasteiger partial charge in [-0.2, -0.15) is 4.52 Å². The van der Waals surface area contributed by atoms with E-state index in [0.717, 1.165) is 23.0 Å². The van der Waals surface area contributed by atoms with Crippen LogP contribution in [0.25, 0.3) is 16.6 Å². The van der Waals surface area contributed by atoms with Crippen LogP contribution in [0.5, 0.6) is 11.5 Å². The maximum absolute atomic E-state index is 12.5. The standard InChI is InChI=1S/C18H22N6O4/c1-22(2)4-5-23(17(25)10-26-3)9-13-6-12-7-15-16(28-11-27-15)8-14(12)24-18(13)19-20-21-24/h6-8H,4-5,9-11H2,1-3H3. The molecule has 10 nitrogen and oxygen atoms in total. The van der Waals surface area contributed by atoms with E-state index in [1.165, 1.54) is 7.11 Å². The summed E-state index contributed by atoms with van der Waals surface area (Å²) in [5.74, 6) is 1.27. The van der Waals surface area contributed by atoms with Crippen molar-refractivity contribution in [1.82, 2.24) is 29.8 Å². The molecule has 1 aromatic carbocycles. The topological polar surface area (TPSA) is 94.3 Å². The van der Waals surface area contributed by atoms with Crippen LogP contribution in [0.4, 0.5) is 0 Å². The minimum absolute atomic E-state index is 0.0287. The summed E-state index contributed by atoms with van der Waals surface area (Å²) in [5, 5.41) is 13.0. The van der Waals surface area contributed by atoms with E-state index in [0.29, 0.717) is 30.2 Å². The van der Waals surface area contributed by atoms with Crippen molar-refractivity contribution in [3.63, 3.8) is 0 Å². The highest BCUT2D eigenvalue weighted by atomic mass is 16.7. The Morgan fingerprint density at radius 3 is 2.75 bits per heavy atom. The smallest absolute Gasteiger partial charge is 0.248 e. The molecule has 3 heterocycles. The molecule has 0 aliphatic carbocycles. The van der Waals surface area contributed by atoms with Gasteiger partial charge in [-0.3, -0.25) is 4.79 Å². The Bertz CT molecular complexity index is 1020. The molecule has 28 heavy (non-hydrogen) atoms. The molecule has 4 rings (SSSR count). The van der Waals surface area contributed by atoms with Gasteiger partial charge in [0.15, 0.2) is 17.1 Å². The summed E-state index contributed by atoms with van der Waals surface area (Å²) < 4.78 is 17.7. The summed E-state index contributed by atoms with van der Waals surface area (Å²) in [7, 11) is 5.46. The highest BCUT2D eigenvalue weighted by Gasteiger charge is 2.21. The van der Waals surface area contributed by atoms with E-state index in [-0.39, 0.29) is 19.3 Å². The van der Waals surface area contributed by atoms with Crippen molar-refractivity contribution in [2.45, 2.75) is 6.54 Å². The van der Waals surface area contributed by atoms with Gasteiger partial charge in [0.1, 0.15) is 6.61 Å². The van der Waals surface area contributed by atoms with Gasteiger partial charge in [0, 0.05) is 43.8 Å². The molecule has 0 unspecified atom stereocenters. The number of carbonyl (C=O) groups excluding carboxylic acids is 1. The van der Waals surface area contributed by atoms with Gasteiger partial charge < -0.3 is 24.0 Å². The third-order valence-corrected chi connectivity index (χ3v) is 4.64. The SMILES string of the molecule is COCC(=O)N(CCN(C)C)Cc1cc2cc3c(cc2n2nnnc12)OCO3. The zero-order chi connectivity index (χ0) is 19.7. The second kappa shape index (κ2) is 7.56. The van der Waals surface area contributed by atoms with Crippen molar-refractivity contribution in [2.75, 3.05) is 47.7 Å². The predicted octanol–water partition coefficient (Wildman–Crippen LogP) is 0.543. The molecule has 2 aromatic heterocycles. The maximum atomic E-state index is 12.5. The molecule has 0 bridgehead atoms. The van der Waals surface area contributed by atoms with Crippen molar-refractivity contribution in [3.8, 4) is 11.5 Å². The van der Waals surface area contributed by atoms with E-state index in [2.05, 4.69) is 15.5 Å². The molecular weight excluding hydrogens is 364 g/mol. The fourth-order valence-corrected chi connectivity index (χ4v) is 3.20. The molecule has 0 spiro atoms. The van der Waals surface area contributed by atoms with Gasteiger partial charge in [0.25, 0.3) is 0 Å². The summed E-state index contributed by atoms with van der Waals surface area (Å²) in [6.45, 7) is 1.91. The third kappa shape index (κ3) is 3.43. The number of tetrazole rings is 1. The Balaban J connectivity index is 1.74. The van der Waals surface area contributed by atoms with E-state index in [4.69, 9.17) is 14.2 Å². The number of fused-ring (bicyclic) bond motifs is 4. The number of nitrogens with zero attached hydrogens (tertiary/aromatic N) is 6. The molecule has 0 fully saturated rings. The van der Waals surface area contributed by atoms with Crippen LogP contribution in [0.3, 0.4) is 0 Å². The summed E-state index contributed by atoms with van der Waals surface area (Å²) >= 11 is 0. The first-order valence-corrected chi connectivity index (χ1v) is 8.91. The fourth-order valence-electron chi connectivity index (χ4n) is 3.20. The number of carbonyl (C=O) groups is 1. The van der Waals surface area contributed by atoms with Gasteiger partial charge in [0.2, 0.25) is 12.7 Å². The number of methoxy groups -OCH3 is 1. The number of ether oxygens (including phenoxy) is 3. The van der Waals surface area contributed by atoms with Crippen molar-refractivity contribution in [1.29, 1.82) is 0 Å². The van der Waals surface area contributed by atoms with Crippen molar-refractivity contribution in [2.24, 2.45) is 0 Å². The number of rotatable bonds is 7. The lowest BCUT2D eigenvalue weighted by Gasteiger charge is -2.24. The summed E-state index contributed by atoms with van der Waals surface area (Å²) in [6, 6.07) is 5.76. The van der Waals surface area contributed by atoms with E-state index >= 15 is 0 Å². The van der Waals surface area contributed by atoms with Gasteiger partial charge in [0.05, 0.1) is 5.52 Å². The second-order valence-electron chi connectivity index (χ2n) is 6.90. The van der Waals surface area contributed by atoms with Crippen molar-refractivity contribution in [3.05, 3.63) is 23.8 Å². The zero-order valence-corrected chi connectivity index (χ0v) is 16.1. The molecule has 1 aliphatic heterocycles. The van der Waals surface area contributed by atoms with Crippen molar-refractivity contribution >= 4 is 22.5 Å². The lowest BCUT2D eigenvalue weighted by atomic mass is 10.1. The van der Waals surface area contributed by atoms with Crippen LogP contribution in [0, 0.1) is 0 Å². The minimum Gasteiger partial charge on any atom is -0.454 e. The summed E-state index contributed by atoms with van der Waals surface area (Å²) in [4.78, 5) is 16.3. The molecule has 3 aromatic rings. The lowest BCUT2D eigenvalue weighted by Crippen LogP contribution is -2.38. The highest BCUT2D eigenvalue weighted by Crippen LogP contribution is 2.36. The molecule has 0 atom stereocenters. The Hall–Kier alpha value is -2.98. The van der Waals surface area contributed by atoms with Gasteiger partial charge in [-0.05, 0) is 36.7 Å². The Labute approximate surface area is 161 Å². The van der Waals surface area contributed by atoms with Crippen LogP contribution >= 0.6 is 0 Å². The molecule has 10 heteroatoms. The first-order valence-electron chi connectivity index (χ1n) is 8.91.